The smallest absolute Gasteiger partial charge is 0.234 e. The van der Waals surface area contributed by atoms with E-state index in [0.29, 0.717) is 25.3 Å². The average molecular weight is 422 g/mol. The maximum absolute atomic E-state index is 13.5. The second kappa shape index (κ2) is 7.35. The highest BCUT2D eigenvalue weighted by atomic mass is 16.5. The van der Waals surface area contributed by atoms with Crippen molar-refractivity contribution in [2.75, 3.05) is 25.1 Å². The van der Waals surface area contributed by atoms with E-state index in [4.69, 9.17) is 14.3 Å². The number of hydrogen-bond acceptors (Lipinski definition) is 5. The molecule has 1 N–H and O–H groups in total. The van der Waals surface area contributed by atoms with Crippen LogP contribution in [0.4, 0.5) is 5.69 Å². The summed E-state index contributed by atoms with van der Waals surface area (Å²) in [5.74, 6) is 0.244. The van der Waals surface area contributed by atoms with Crippen LogP contribution in [0, 0.1) is 18.8 Å². The van der Waals surface area contributed by atoms with E-state index in [2.05, 4.69) is 0 Å². The number of ether oxygens (including phenoxy) is 1. The summed E-state index contributed by atoms with van der Waals surface area (Å²) >= 11 is 0. The minimum atomic E-state index is -0.756. The zero-order valence-electron chi connectivity index (χ0n) is 17.7. The quantitative estimate of drug-likeness (QED) is 0.721. The summed E-state index contributed by atoms with van der Waals surface area (Å²) in [6, 6.07) is 11.3. The van der Waals surface area contributed by atoms with Crippen molar-refractivity contribution in [3.05, 3.63) is 65.6 Å². The third kappa shape index (κ3) is 3.20. The maximum Gasteiger partial charge on any atom is 0.234 e. The van der Waals surface area contributed by atoms with Gasteiger partial charge in [-0.05, 0) is 43.2 Å². The molecule has 7 heteroatoms. The van der Waals surface area contributed by atoms with Crippen molar-refractivity contribution in [2.24, 2.45) is 11.8 Å². The van der Waals surface area contributed by atoms with Crippen LogP contribution >= 0.6 is 0 Å². The average Bonchev–Trinajstić information content (AvgIpc) is 3.50. The fraction of sp³-hybridized carbons (Fsp3) is 0.417. The molecule has 5 rings (SSSR count). The van der Waals surface area contributed by atoms with Crippen LogP contribution in [-0.2, 0) is 27.3 Å². The Labute approximate surface area is 180 Å². The lowest BCUT2D eigenvalue weighted by Gasteiger charge is -2.27. The van der Waals surface area contributed by atoms with Crippen LogP contribution in [0.2, 0.25) is 0 Å². The zero-order chi connectivity index (χ0) is 21.8. The normalized spacial score (nSPS) is 28.4. The first kappa shape index (κ1) is 20.0. The molecule has 2 saturated heterocycles. The fourth-order valence-corrected chi connectivity index (χ4v) is 5.11. The van der Waals surface area contributed by atoms with Crippen LogP contribution < -0.4 is 4.90 Å². The van der Waals surface area contributed by atoms with Gasteiger partial charge in [-0.3, -0.25) is 9.59 Å². The van der Waals surface area contributed by atoms with Gasteiger partial charge < -0.3 is 24.1 Å². The first-order valence-electron chi connectivity index (χ1n) is 10.6. The third-order valence-electron chi connectivity index (χ3n) is 6.60. The van der Waals surface area contributed by atoms with Crippen LogP contribution in [0.25, 0.3) is 0 Å². The zero-order valence-corrected chi connectivity index (χ0v) is 17.7. The van der Waals surface area contributed by atoms with Crippen molar-refractivity contribution in [1.29, 1.82) is 0 Å². The summed E-state index contributed by atoms with van der Waals surface area (Å²) in [5.41, 5.74) is 1.03. The number of carbonyl (C=O) groups excluding carboxylic acids is 2. The van der Waals surface area contributed by atoms with Gasteiger partial charge in [0.2, 0.25) is 11.8 Å². The number of aryl methyl sites for hydroxylation is 1. The molecule has 2 fully saturated rings. The second-order valence-electron chi connectivity index (χ2n) is 8.67. The van der Waals surface area contributed by atoms with Crippen molar-refractivity contribution in [3.8, 4) is 0 Å². The molecule has 7 nitrogen and oxygen atoms in total. The van der Waals surface area contributed by atoms with E-state index in [-0.39, 0.29) is 24.5 Å². The number of furan rings is 1. The second-order valence-corrected chi connectivity index (χ2v) is 8.67. The standard InChI is InChI=1S/C24H26N2O5/c1-15-3-8-18(30-15)13-25(2)22(28)20-19-9-11-24(31-19)14-26(23(29)21(20)24)17-6-4-16(5-7-17)10-12-27/h3-9,11,19-21,27H,10,12-14H2,1-2H3/t19-,20-,21+,24-/m0/s1. The Hall–Kier alpha value is -2.90. The number of aliphatic hydroxyl groups is 1. The van der Waals surface area contributed by atoms with Crippen molar-refractivity contribution in [3.63, 3.8) is 0 Å². The van der Waals surface area contributed by atoms with Crippen LogP contribution in [-0.4, -0.2) is 53.7 Å². The minimum absolute atomic E-state index is 0.0812. The molecular weight excluding hydrogens is 396 g/mol. The molecule has 2 amide bonds. The molecule has 3 aliphatic rings. The highest BCUT2D eigenvalue weighted by molar-refractivity contribution is 6.03. The first-order valence-corrected chi connectivity index (χ1v) is 10.6. The van der Waals surface area contributed by atoms with Crippen LogP contribution in [0.1, 0.15) is 17.1 Å². The Morgan fingerprint density at radius 3 is 2.71 bits per heavy atom. The Morgan fingerprint density at radius 1 is 1.26 bits per heavy atom. The van der Waals surface area contributed by atoms with Gasteiger partial charge in [0.25, 0.3) is 0 Å². The summed E-state index contributed by atoms with van der Waals surface area (Å²) in [6.07, 6.45) is 4.08. The molecule has 31 heavy (non-hydrogen) atoms. The summed E-state index contributed by atoms with van der Waals surface area (Å²) in [5, 5.41) is 9.11. The molecule has 162 valence electrons. The predicted molar refractivity (Wildman–Crippen MR) is 113 cm³/mol. The van der Waals surface area contributed by atoms with Crippen molar-refractivity contribution in [2.45, 2.75) is 31.6 Å². The Kier molecular flexibility index (Phi) is 4.75. The van der Waals surface area contributed by atoms with E-state index in [1.807, 2.05) is 55.5 Å². The molecule has 3 aliphatic heterocycles. The molecule has 4 heterocycles. The maximum atomic E-state index is 13.5. The highest BCUT2D eigenvalue weighted by Gasteiger charge is 2.67. The number of hydrogen-bond donors (Lipinski definition) is 1. The Morgan fingerprint density at radius 2 is 2.03 bits per heavy atom. The summed E-state index contributed by atoms with van der Waals surface area (Å²) in [4.78, 5) is 30.2. The van der Waals surface area contributed by atoms with Gasteiger partial charge in [0.15, 0.2) is 0 Å². The molecule has 0 radical (unpaired) electrons. The Balaban J connectivity index is 1.37. The van der Waals surface area contributed by atoms with E-state index in [0.717, 1.165) is 17.0 Å². The first-order chi connectivity index (χ1) is 14.9. The van der Waals surface area contributed by atoms with E-state index in [9.17, 15) is 9.59 Å². The number of nitrogens with zero attached hydrogens (tertiary/aromatic N) is 2. The molecule has 1 aromatic heterocycles. The van der Waals surface area contributed by atoms with Crippen molar-refractivity contribution < 1.29 is 23.8 Å². The number of fused-ring (bicyclic) bond motifs is 1. The van der Waals surface area contributed by atoms with Crippen LogP contribution in [0.5, 0.6) is 0 Å². The molecular formula is C24H26N2O5. The number of aliphatic hydroxyl groups excluding tert-OH is 1. The van der Waals surface area contributed by atoms with Gasteiger partial charge in [-0.25, -0.2) is 0 Å². The molecule has 4 atom stereocenters. The molecule has 0 saturated carbocycles. The van der Waals surface area contributed by atoms with E-state index < -0.39 is 17.4 Å². The highest BCUT2D eigenvalue weighted by Crippen LogP contribution is 2.53. The monoisotopic (exact) mass is 422 g/mol. The van der Waals surface area contributed by atoms with Gasteiger partial charge in [-0.2, -0.15) is 0 Å². The SMILES string of the molecule is Cc1ccc(CN(C)C(=O)[C@H]2[C@@H]3C=C[C@@]4(CN(c5ccc(CCO)cc5)C(=O)[C@@H]24)O3)o1. The van der Waals surface area contributed by atoms with Gasteiger partial charge in [0.05, 0.1) is 31.0 Å². The Bertz CT molecular complexity index is 1040. The summed E-state index contributed by atoms with van der Waals surface area (Å²) < 4.78 is 11.8. The third-order valence-corrected chi connectivity index (χ3v) is 6.60. The predicted octanol–water partition coefficient (Wildman–Crippen LogP) is 2.07. The van der Waals surface area contributed by atoms with E-state index in [1.54, 1.807) is 16.8 Å². The van der Waals surface area contributed by atoms with Gasteiger partial charge in [0.1, 0.15) is 17.1 Å². The van der Waals surface area contributed by atoms with E-state index in [1.165, 1.54) is 0 Å². The number of carbonyl (C=O) groups is 2. The molecule has 2 aromatic rings. The minimum Gasteiger partial charge on any atom is -0.464 e. The number of rotatable bonds is 6. The van der Waals surface area contributed by atoms with Crippen molar-refractivity contribution >= 4 is 17.5 Å². The largest absolute Gasteiger partial charge is 0.464 e. The van der Waals surface area contributed by atoms with Crippen LogP contribution in [0.15, 0.2) is 53.0 Å². The lowest BCUT2D eigenvalue weighted by molar-refractivity contribution is -0.139. The number of anilines is 1. The summed E-state index contributed by atoms with van der Waals surface area (Å²) in [6.45, 7) is 2.70. The van der Waals surface area contributed by atoms with Gasteiger partial charge in [-0.15, -0.1) is 0 Å². The van der Waals surface area contributed by atoms with Crippen molar-refractivity contribution in [1.82, 2.24) is 4.90 Å². The van der Waals surface area contributed by atoms with Gasteiger partial charge >= 0.3 is 0 Å². The molecule has 0 unspecified atom stereocenters. The molecule has 1 spiro atoms. The van der Waals surface area contributed by atoms with Gasteiger partial charge in [-0.1, -0.05) is 24.3 Å². The number of amides is 2. The lowest BCUT2D eigenvalue weighted by atomic mass is 9.76. The molecule has 0 aliphatic carbocycles. The summed E-state index contributed by atoms with van der Waals surface area (Å²) in [7, 11) is 1.74. The topological polar surface area (TPSA) is 83.2 Å². The molecule has 2 bridgehead atoms. The lowest BCUT2D eigenvalue weighted by Crippen LogP contribution is -2.44. The van der Waals surface area contributed by atoms with Crippen LogP contribution in [0.3, 0.4) is 0 Å². The number of benzene rings is 1. The fourth-order valence-electron chi connectivity index (χ4n) is 5.11. The van der Waals surface area contributed by atoms with Gasteiger partial charge in [0, 0.05) is 19.3 Å². The van der Waals surface area contributed by atoms with E-state index >= 15 is 0 Å². The molecule has 1 aromatic carbocycles.